The van der Waals surface area contributed by atoms with Gasteiger partial charge in [-0.25, -0.2) is 9.78 Å². The van der Waals surface area contributed by atoms with Gasteiger partial charge in [-0.2, -0.15) is 0 Å². The molecular weight excluding hydrogens is 432 g/mol. The van der Waals surface area contributed by atoms with Crippen LogP contribution in [0.1, 0.15) is 48.7 Å². The van der Waals surface area contributed by atoms with Gasteiger partial charge in [-0.15, -0.1) is 0 Å². The lowest BCUT2D eigenvalue weighted by atomic mass is 9.76. The Bertz CT molecular complexity index is 997. The number of hydrogen-bond acceptors (Lipinski definition) is 3. The summed E-state index contributed by atoms with van der Waals surface area (Å²) >= 11 is 3.59. The molecule has 2 heterocycles. The summed E-state index contributed by atoms with van der Waals surface area (Å²) in [5.41, 5.74) is 3.15. The van der Waals surface area contributed by atoms with Crippen LogP contribution in [0, 0.1) is 12.8 Å². The molecule has 1 aliphatic carbocycles. The molecule has 0 aliphatic heterocycles. The van der Waals surface area contributed by atoms with Gasteiger partial charge in [0, 0.05) is 24.4 Å². The Morgan fingerprint density at radius 3 is 2.69 bits per heavy atom. The number of carbonyl (C=O) groups is 1. The molecule has 1 fully saturated rings. The normalized spacial score (nSPS) is 20.5. The van der Waals surface area contributed by atoms with Crippen molar-refractivity contribution in [3.63, 3.8) is 0 Å². The van der Waals surface area contributed by atoms with E-state index < -0.39 is 6.09 Å². The van der Waals surface area contributed by atoms with Crippen LogP contribution in [-0.2, 0) is 6.42 Å². The van der Waals surface area contributed by atoms with E-state index in [0.29, 0.717) is 11.8 Å². The summed E-state index contributed by atoms with van der Waals surface area (Å²) in [6.07, 6.45) is 7.56. The van der Waals surface area contributed by atoms with Gasteiger partial charge in [0.1, 0.15) is 15.9 Å². The number of nitrogens with zero attached hydrogens (tertiary/aromatic N) is 3. The number of benzene rings is 1. The highest BCUT2D eigenvalue weighted by Gasteiger charge is 2.31. The quantitative estimate of drug-likeness (QED) is 0.568. The van der Waals surface area contributed by atoms with Gasteiger partial charge in [0.2, 0.25) is 0 Å². The van der Waals surface area contributed by atoms with E-state index in [9.17, 15) is 9.90 Å². The van der Waals surface area contributed by atoms with Crippen molar-refractivity contribution in [2.45, 2.75) is 51.0 Å². The molecule has 1 aromatic carbocycles. The summed E-state index contributed by atoms with van der Waals surface area (Å²) in [6, 6.07) is 10.0. The molecule has 2 aromatic heterocycles. The Morgan fingerprint density at radius 1 is 1.28 bits per heavy atom. The van der Waals surface area contributed by atoms with Gasteiger partial charge in [-0.1, -0.05) is 30.3 Å². The molecule has 4 rings (SSSR count). The minimum absolute atomic E-state index is 0.0638. The lowest BCUT2D eigenvalue weighted by Gasteiger charge is -2.33. The van der Waals surface area contributed by atoms with Gasteiger partial charge in [0.15, 0.2) is 0 Å². The van der Waals surface area contributed by atoms with Gasteiger partial charge in [0.25, 0.3) is 0 Å². The Hall–Kier alpha value is -2.41. The highest BCUT2D eigenvalue weighted by Crippen LogP contribution is 2.38. The fourth-order valence-electron chi connectivity index (χ4n) is 4.60. The number of amides is 1. The van der Waals surface area contributed by atoms with Crippen LogP contribution in [0.2, 0.25) is 0 Å². The maximum atomic E-state index is 11.4. The standard InChI is InChI=1S/C22H25BrN4O2/c1-14-19-20(23)26-21(27(19)12-11-24-14)17-9-7-16(8-10-17)18(25-22(28)29)13-15-5-3-2-4-6-15/h2-6,11-12,16-18,25H,7-10,13H2,1H3,(H,28,29)/t16-,17-,18?. The minimum Gasteiger partial charge on any atom is -0.465 e. The number of fused-ring (bicyclic) bond motifs is 1. The largest absolute Gasteiger partial charge is 0.465 e. The summed E-state index contributed by atoms with van der Waals surface area (Å²) in [4.78, 5) is 20.5. The summed E-state index contributed by atoms with van der Waals surface area (Å²) in [5.74, 6) is 1.77. The van der Waals surface area contributed by atoms with Crippen LogP contribution in [0.25, 0.3) is 5.52 Å². The Kier molecular flexibility index (Phi) is 5.85. The molecule has 6 nitrogen and oxygen atoms in total. The van der Waals surface area contributed by atoms with Crippen LogP contribution in [-0.4, -0.2) is 31.6 Å². The lowest BCUT2D eigenvalue weighted by Crippen LogP contribution is -2.42. The Balaban J connectivity index is 1.49. The number of aryl methyl sites for hydroxylation is 1. The van der Waals surface area contributed by atoms with Crippen LogP contribution < -0.4 is 5.32 Å². The average molecular weight is 457 g/mol. The number of imidazole rings is 1. The van der Waals surface area contributed by atoms with Gasteiger partial charge in [0.05, 0.1) is 5.69 Å². The Labute approximate surface area is 178 Å². The van der Waals surface area contributed by atoms with Gasteiger partial charge >= 0.3 is 6.09 Å². The van der Waals surface area contributed by atoms with Crippen molar-refractivity contribution in [1.82, 2.24) is 19.7 Å². The van der Waals surface area contributed by atoms with Crippen molar-refractivity contribution < 1.29 is 9.90 Å². The van der Waals surface area contributed by atoms with Crippen LogP contribution in [0.15, 0.2) is 47.3 Å². The zero-order chi connectivity index (χ0) is 20.4. The molecule has 7 heteroatoms. The fourth-order valence-corrected chi connectivity index (χ4v) is 5.26. The van der Waals surface area contributed by atoms with E-state index in [1.165, 1.54) is 5.56 Å². The Morgan fingerprint density at radius 2 is 2.00 bits per heavy atom. The first-order valence-corrected chi connectivity index (χ1v) is 10.8. The summed E-state index contributed by atoms with van der Waals surface area (Å²) in [7, 11) is 0. The van der Waals surface area contributed by atoms with E-state index in [1.807, 2.05) is 37.5 Å². The monoisotopic (exact) mass is 456 g/mol. The van der Waals surface area contributed by atoms with Crippen molar-refractivity contribution in [1.29, 1.82) is 0 Å². The highest BCUT2D eigenvalue weighted by atomic mass is 79.9. The molecule has 1 unspecified atom stereocenters. The summed E-state index contributed by atoms with van der Waals surface area (Å²) in [6.45, 7) is 1.99. The first-order chi connectivity index (χ1) is 14.0. The number of halogens is 1. The van der Waals surface area contributed by atoms with Crippen LogP contribution in [0.5, 0.6) is 0 Å². The zero-order valence-electron chi connectivity index (χ0n) is 16.4. The SMILES string of the molecule is Cc1nccn2c1c(Br)nc2[C@H]1CC[C@H](C(Cc2ccccc2)NC(=O)O)CC1. The van der Waals surface area contributed by atoms with Crippen molar-refractivity contribution in [2.75, 3.05) is 0 Å². The van der Waals surface area contributed by atoms with Gasteiger partial charge in [-0.05, 0) is 66.4 Å². The van der Waals surface area contributed by atoms with E-state index in [1.54, 1.807) is 0 Å². The van der Waals surface area contributed by atoms with E-state index in [0.717, 1.165) is 53.7 Å². The second-order valence-corrected chi connectivity index (χ2v) is 8.60. The van der Waals surface area contributed by atoms with Crippen molar-refractivity contribution >= 4 is 27.5 Å². The zero-order valence-corrected chi connectivity index (χ0v) is 18.0. The fraction of sp³-hybridized carbons (Fsp3) is 0.409. The number of nitrogens with one attached hydrogen (secondary N) is 1. The number of aromatic nitrogens is 3. The van der Waals surface area contributed by atoms with Crippen molar-refractivity contribution in [3.05, 3.63) is 64.4 Å². The molecule has 0 radical (unpaired) electrons. The first kappa shape index (κ1) is 19.9. The molecule has 1 atom stereocenters. The third kappa shape index (κ3) is 4.29. The predicted molar refractivity (Wildman–Crippen MR) is 115 cm³/mol. The molecule has 0 saturated heterocycles. The van der Waals surface area contributed by atoms with Crippen LogP contribution >= 0.6 is 15.9 Å². The topological polar surface area (TPSA) is 79.5 Å². The van der Waals surface area contributed by atoms with Crippen LogP contribution in [0.3, 0.4) is 0 Å². The van der Waals surface area contributed by atoms with E-state index in [4.69, 9.17) is 4.98 Å². The van der Waals surface area contributed by atoms with E-state index in [-0.39, 0.29) is 6.04 Å². The highest BCUT2D eigenvalue weighted by molar-refractivity contribution is 9.10. The van der Waals surface area contributed by atoms with Crippen molar-refractivity contribution in [3.8, 4) is 0 Å². The van der Waals surface area contributed by atoms with Gasteiger partial charge < -0.3 is 10.4 Å². The maximum absolute atomic E-state index is 11.4. The molecule has 0 spiro atoms. The molecule has 1 aliphatic rings. The van der Waals surface area contributed by atoms with Gasteiger partial charge in [-0.3, -0.25) is 9.38 Å². The molecule has 152 valence electrons. The first-order valence-electron chi connectivity index (χ1n) is 10.1. The number of carboxylic acid groups (broad SMARTS) is 1. The summed E-state index contributed by atoms with van der Waals surface area (Å²) < 4.78 is 2.99. The second kappa shape index (κ2) is 8.53. The average Bonchev–Trinajstić information content (AvgIpc) is 3.06. The molecule has 1 saturated carbocycles. The number of rotatable bonds is 5. The third-order valence-electron chi connectivity index (χ3n) is 6.04. The van der Waals surface area contributed by atoms with Crippen molar-refractivity contribution in [2.24, 2.45) is 5.92 Å². The molecular formula is C22H25BrN4O2. The smallest absolute Gasteiger partial charge is 0.404 e. The van der Waals surface area contributed by atoms with Crippen LogP contribution in [0.4, 0.5) is 4.79 Å². The number of hydrogen-bond donors (Lipinski definition) is 2. The summed E-state index contributed by atoms with van der Waals surface area (Å²) in [5, 5.41) is 12.1. The lowest BCUT2D eigenvalue weighted by molar-refractivity contribution is 0.176. The molecule has 3 aromatic rings. The minimum atomic E-state index is -0.945. The molecule has 0 bridgehead atoms. The predicted octanol–water partition coefficient (Wildman–Crippen LogP) is 4.95. The van der Waals surface area contributed by atoms with E-state index in [2.05, 4.69) is 42.8 Å². The third-order valence-corrected chi connectivity index (χ3v) is 6.59. The molecule has 29 heavy (non-hydrogen) atoms. The molecule has 1 amide bonds. The maximum Gasteiger partial charge on any atom is 0.404 e. The molecule has 2 N–H and O–H groups in total. The second-order valence-electron chi connectivity index (χ2n) is 7.85. The van der Waals surface area contributed by atoms with E-state index >= 15 is 0 Å².